The lowest BCUT2D eigenvalue weighted by atomic mass is 9.90. The van der Waals surface area contributed by atoms with E-state index in [-0.39, 0.29) is 12.0 Å². The molecule has 2 nitrogen and oxygen atoms in total. The maximum absolute atomic E-state index is 12.6. The molecular formula is C15H16BrF3N2S. The molecule has 2 N–H and O–H groups in total. The fourth-order valence-electron chi connectivity index (χ4n) is 2.17. The summed E-state index contributed by atoms with van der Waals surface area (Å²) in [6.45, 7) is 1.94. The molecule has 2 rings (SSSR count). The van der Waals surface area contributed by atoms with Gasteiger partial charge in [0.1, 0.15) is 0 Å². The van der Waals surface area contributed by atoms with Crippen LogP contribution in [-0.2, 0) is 12.6 Å². The Labute approximate surface area is 139 Å². The molecule has 0 spiro atoms. The van der Waals surface area contributed by atoms with E-state index in [1.807, 2.05) is 6.92 Å². The van der Waals surface area contributed by atoms with Gasteiger partial charge in [-0.1, -0.05) is 19.1 Å². The van der Waals surface area contributed by atoms with Crippen LogP contribution in [0.1, 0.15) is 35.4 Å². The number of hydrogen-bond donors (Lipinski definition) is 1. The Hall–Kier alpha value is -0.920. The molecule has 0 aliphatic heterocycles. The first-order chi connectivity index (χ1) is 10.3. The van der Waals surface area contributed by atoms with Gasteiger partial charge in [-0.2, -0.15) is 13.2 Å². The number of alkyl halides is 3. The maximum Gasteiger partial charge on any atom is 0.416 e. The molecule has 0 bridgehead atoms. The molecular weight excluding hydrogens is 377 g/mol. The van der Waals surface area contributed by atoms with Gasteiger partial charge < -0.3 is 5.73 Å². The van der Waals surface area contributed by atoms with E-state index in [0.29, 0.717) is 0 Å². The third-order valence-corrected chi connectivity index (χ3v) is 5.16. The molecule has 0 amide bonds. The highest BCUT2D eigenvalue weighted by molar-refractivity contribution is 9.11. The summed E-state index contributed by atoms with van der Waals surface area (Å²) in [4.78, 5) is 4.25. The van der Waals surface area contributed by atoms with Crippen molar-refractivity contribution >= 4 is 27.3 Å². The molecule has 0 radical (unpaired) electrons. The van der Waals surface area contributed by atoms with E-state index in [1.54, 1.807) is 17.5 Å². The van der Waals surface area contributed by atoms with Crippen LogP contribution in [0.2, 0.25) is 0 Å². The number of aromatic nitrogens is 1. The number of hydrogen-bond acceptors (Lipinski definition) is 3. The van der Waals surface area contributed by atoms with Gasteiger partial charge in [-0.3, -0.25) is 0 Å². The van der Waals surface area contributed by atoms with Crippen molar-refractivity contribution < 1.29 is 13.2 Å². The summed E-state index contributed by atoms with van der Waals surface area (Å²) < 4.78 is 38.6. The molecule has 2 aromatic rings. The second-order valence-electron chi connectivity index (χ2n) is 5.17. The van der Waals surface area contributed by atoms with Gasteiger partial charge in [0.2, 0.25) is 0 Å². The number of thiazole rings is 1. The van der Waals surface area contributed by atoms with Gasteiger partial charge >= 0.3 is 6.18 Å². The Morgan fingerprint density at radius 3 is 2.41 bits per heavy atom. The average Bonchev–Trinajstić information content (AvgIpc) is 2.89. The Bertz CT molecular complexity index is 610. The van der Waals surface area contributed by atoms with Gasteiger partial charge in [0.25, 0.3) is 0 Å². The van der Waals surface area contributed by atoms with Crippen LogP contribution >= 0.6 is 27.3 Å². The van der Waals surface area contributed by atoms with Crippen LogP contribution in [0.25, 0.3) is 0 Å². The van der Waals surface area contributed by atoms with Crippen LogP contribution in [0.3, 0.4) is 0 Å². The van der Waals surface area contributed by atoms with Crippen LogP contribution in [0.15, 0.2) is 34.2 Å². The van der Waals surface area contributed by atoms with E-state index in [2.05, 4.69) is 20.9 Å². The van der Waals surface area contributed by atoms with Gasteiger partial charge in [0, 0.05) is 12.5 Å². The summed E-state index contributed by atoms with van der Waals surface area (Å²) in [7, 11) is 0. The lowest BCUT2D eigenvalue weighted by molar-refractivity contribution is -0.137. The summed E-state index contributed by atoms with van der Waals surface area (Å²) in [6, 6.07) is 5.10. The Kier molecular flexibility index (Phi) is 5.63. The summed E-state index contributed by atoms with van der Waals surface area (Å²) in [5.41, 5.74) is 6.36. The Morgan fingerprint density at radius 2 is 1.91 bits per heavy atom. The van der Waals surface area contributed by atoms with E-state index in [1.165, 1.54) is 12.1 Å². The third kappa shape index (κ3) is 4.54. The Balaban J connectivity index is 1.96. The van der Waals surface area contributed by atoms with Gasteiger partial charge in [-0.15, -0.1) is 11.3 Å². The van der Waals surface area contributed by atoms with Crippen LogP contribution in [-0.4, -0.2) is 11.0 Å². The topological polar surface area (TPSA) is 38.9 Å². The van der Waals surface area contributed by atoms with E-state index < -0.39 is 11.7 Å². The third-order valence-electron chi connectivity index (χ3n) is 3.62. The number of nitrogens with two attached hydrogens (primary N) is 1. The van der Waals surface area contributed by atoms with Crippen molar-refractivity contribution in [1.82, 2.24) is 4.98 Å². The number of aryl methyl sites for hydroxylation is 1. The summed E-state index contributed by atoms with van der Waals surface area (Å²) in [6.07, 6.45) is -1.04. The first kappa shape index (κ1) is 17.4. The van der Waals surface area contributed by atoms with Crippen LogP contribution < -0.4 is 5.73 Å². The minimum absolute atomic E-state index is 0.00862. The average molecular weight is 393 g/mol. The molecule has 7 heteroatoms. The molecule has 22 heavy (non-hydrogen) atoms. The second-order valence-corrected chi connectivity index (χ2v) is 7.66. The van der Waals surface area contributed by atoms with Crippen LogP contribution in [0, 0.1) is 0 Å². The summed E-state index contributed by atoms with van der Waals surface area (Å²) >= 11 is 4.93. The molecule has 0 aliphatic carbocycles. The van der Waals surface area contributed by atoms with Crippen molar-refractivity contribution in [2.75, 3.05) is 0 Å². The zero-order valence-electron chi connectivity index (χ0n) is 11.9. The number of benzene rings is 1. The fourth-order valence-corrected chi connectivity index (χ4v) is 3.49. The summed E-state index contributed by atoms with van der Waals surface area (Å²) in [5.74, 6) is -0.00862. The van der Waals surface area contributed by atoms with Gasteiger partial charge in [0.05, 0.1) is 20.6 Å². The molecule has 120 valence electrons. The molecule has 0 aliphatic rings. The normalized spacial score (nSPS) is 14.8. The van der Waals surface area contributed by atoms with Crippen molar-refractivity contribution in [3.63, 3.8) is 0 Å². The largest absolute Gasteiger partial charge is 0.416 e. The van der Waals surface area contributed by atoms with Crippen molar-refractivity contribution in [1.29, 1.82) is 0 Å². The van der Waals surface area contributed by atoms with Crippen molar-refractivity contribution in [2.45, 2.75) is 37.9 Å². The van der Waals surface area contributed by atoms with Crippen molar-refractivity contribution in [2.24, 2.45) is 5.73 Å². The zero-order valence-corrected chi connectivity index (χ0v) is 14.3. The minimum atomic E-state index is -4.30. The van der Waals surface area contributed by atoms with Crippen molar-refractivity contribution in [3.05, 3.63) is 50.4 Å². The molecule has 0 saturated heterocycles. The predicted molar refractivity (Wildman–Crippen MR) is 86.0 cm³/mol. The fraction of sp³-hybridized carbons (Fsp3) is 0.400. The molecule has 1 heterocycles. The SMILES string of the molecule is CC(c1ccc(C(F)(F)F)cc1)C(N)CCc1ncc(Br)s1. The lowest BCUT2D eigenvalue weighted by Gasteiger charge is -2.20. The zero-order chi connectivity index (χ0) is 16.3. The molecule has 0 fully saturated rings. The van der Waals surface area contributed by atoms with Gasteiger partial charge in [0.15, 0.2) is 0 Å². The van der Waals surface area contributed by atoms with E-state index in [9.17, 15) is 13.2 Å². The maximum atomic E-state index is 12.6. The molecule has 1 aromatic carbocycles. The van der Waals surface area contributed by atoms with Gasteiger partial charge in [-0.05, 0) is 46.0 Å². The first-order valence-electron chi connectivity index (χ1n) is 6.80. The monoisotopic (exact) mass is 392 g/mol. The molecule has 2 unspecified atom stereocenters. The second kappa shape index (κ2) is 7.10. The summed E-state index contributed by atoms with van der Waals surface area (Å²) in [5, 5.41) is 1.00. The molecule has 0 saturated carbocycles. The highest BCUT2D eigenvalue weighted by Crippen LogP contribution is 2.31. The lowest BCUT2D eigenvalue weighted by Crippen LogP contribution is -2.27. The highest BCUT2D eigenvalue weighted by atomic mass is 79.9. The van der Waals surface area contributed by atoms with Crippen LogP contribution in [0.4, 0.5) is 13.2 Å². The standard InChI is InChI=1S/C15H16BrF3N2S/c1-9(10-2-4-11(5-3-10)15(17,18)19)12(20)6-7-14-21-8-13(16)22-14/h2-5,8-9,12H,6-7,20H2,1H3. The first-order valence-corrected chi connectivity index (χ1v) is 8.41. The highest BCUT2D eigenvalue weighted by Gasteiger charge is 2.30. The van der Waals surface area contributed by atoms with E-state index in [0.717, 1.165) is 39.3 Å². The van der Waals surface area contributed by atoms with Crippen LogP contribution in [0.5, 0.6) is 0 Å². The van der Waals surface area contributed by atoms with E-state index in [4.69, 9.17) is 5.73 Å². The quantitative estimate of drug-likeness (QED) is 0.778. The number of halogens is 4. The molecule has 2 atom stereocenters. The minimum Gasteiger partial charge on any atom is -0.327 e. The predicted octanol–water partition coefficient (Wildman–Crippen LogP) is 4.99. The van der Waals surface area contributed by atoms with Crippen molar-refractivity contribution in [3.8, 4) is 0 Å². The van der Waals surface area contributed by atoms with Gasteiger partial charge in [-0.25, -0.2) is 4.98 Å². The molecule has 1 aromatic heterocycles. The smallest absolute Gasteiger partial charge is 0.327 e. The number of nitrogens with zero attached hydrogens (tertiary/aromatic N) is 1. The van der Waals surface area contributed by atoms with E-state index >= 15 is 0 Å². The Morgan fingerprint density at radius 1 is 1.27 bits per heavy atom. The number of rotatable bonds is 5.